The maximum Gasteiger partial charge on any atom is 0.323 e. The zero-order valence-corrected chi connectivity index (χ0v) is 27.6. The van der Waals surface area contributed by atoms with E-state index < -0.39 is 93.8 Å². The van der Waals surface area contributed by atoms with Crippen molar-refractivity contribution in [3.8, 4) is 5.75 Å². The molecular formula is C39H33N3O10. The van der Waals surface area contributed by atoms with E-state index in [0.29, 0.717) is 16.8 Å². The molecule has 8 N–H and O–H groups in total. The number of phenols is 1. The summed E-state index contributed by atoms with van der Waals surface area (Å²) in [6.07, 6.45) is -2.41. The SMILES string of the molecule is CC1c2ccc(NC(=O)Nc3cccc4ccccc34)c(O)c2C(O)=C2C(=O)C3(O)C(O)=C(C(N)=O)C(=O)CC3C(OC(=O)Cc3ccccc3)C21. The van der Waals surface area contributed by atoms with Gasteiger partial charge in [-0.25, -0.2) is 4.79 Å². The molecule has 3 aliphatic carbocycles. The van der Waals surface area contributed by atoms with Gasteiger partial charge in [0.15, 0.2) is 11.4 Å². The Bertz CT molecular complexity index is 2280. The van der Waals surface area contributed by atoms with Crippen LogP contribution in [0, 0.1) is 11.8 Å². The molecule has 4 aromatic carbocycles. The van der Waals surface area contributed by atoms with Crippen molar-refractivity contribution in [2.24, 2.45) is 17.6 Å². The minimum absolute atomic E-state index is 0.137. The molecule has 3 amide bonds. The Hall–Kier alpha value is -6.47. The normalized spacial score (nSPS) is 23.7. The first-order valence-electron chi connectivity index (χ1n) is 16.4. The van der Waals surface area contributed by atoms with Crippen molar-refractivity contribution in [1.29, 1.82) is 0 Å². The van der Waals surface area contributed by atoms with Gasteiger partial charge in [0, 0.05) is 29.2 Å². The third-order valence-electron chi connectivity index (χ3n) is 10.2. The number of hydrogen-bond acceptors (Lipinski definition) is 10. The highest BCUT2D eigenvalue weighted by atomic mass is 16.5. The van der Waals surface area contributed by atoms with Gasteiger partial charge in [0.05, 0.1) is 23.4 Å². The number of anilines is 2. The number of aromatic hydroxyl groups is 1. The molecule has 0 bridgehead atoms. The fourth-order valence-electron chi connectivity index (χ4n) is 7.79. The van der Waals surface area contributed by atoms with E-state index in [1.54, 1.807) is 49.4 Å². The molecule has 0 saturated heterocycles. The number of benzene rings is 4. The summed E-state index contributed by atoms with van der Waals surface area (Å²) >= 11 is 0. The molecule has 0 aromatic heterocycles. The number of primary amides is 1. The van der Waals surface area contributed by atoms with Crippen LogP contribution in [0.5, 0.6) is 5.75 Å². The topological polar surface area (TPSA) is 226 Å². The molecule has 13 heteroatoms. The monoisotopic (exact) mass is 703 g/mol. The molecule has 0 radical (unpaired) electrons. The summed E-state index contributed by atoms with van der Waals surface area (Å²) in [6, 6.07) is 23.5. The molecule has 52 heavy (non-hydrogen) atoms. The molecular weight excluding hydrogens is 670 g/mol. The summed E-state index contributed by atoms with van der Waals surface area (Å²) in [5, 5.41) is 53.4. The van der Waals surface area contributed by atoms with E-state index in [-0.39, 0.29) is 17.7 Å². The number of ketones is 2. The van der Waals surface area contributed by atoms with Crippen molar-refractivity contribution in [3.05, 3.63) is 119 Å². The highest BCUT2D eigenvalue weighted by Gasteiger charge is 2.66. The summed E-state index contributed by atoms with van der Waals surface area (Å²) in [5.41, 5.74) is 1.81. The van der Waals surface area contributed by atoms with Crippen LogP contribution in [0.3, 0.4) is 0 Å². The summed E-state index contributed by atoms with van der Waals surface area (Å²) in [7, 11) is 0. The van der Waals surface area contributed by atoms with Gasteiger partial charge in [-0.2, -0.15) is 0 Å². The van der Waals surface area contributed by atoms with E-state index in [1.807, 2.05) is 30.3 Å². The predicted molar refractivity (Wildman–Crippen MR) is 188 cm³/mol. The number of rotatable bonds is 6. The number of carbonyl (C=O) groups is 5. The summed E-state index contributed by atoms with van der Waals surface area (Å²) in [4.78, 5) is 66.2. The Balaban J connectivity index is 1.30. The summed E-state index contributed by atoms with van der Waals surface area (Å²) in [5.74, 6) is -10.8. The number of hydrogen-bond donors (Lipinski definition) is 7. The van der Waals surface area contributed by atoms with Gasteiger partial charge in [0.2, 0.25) is 5.78 Å². The average Bonchev–Trinajstić information content (AvgIpc) is 3.11. The molecule has 3 aliphatic rings. The van der Waals surface area contributed by atoms with Gasteiger partial charge in [-0.3, -0.25) is 19.2 Å². The lowest BCUT2D eigenvalue weighted by atomic mass is 9.55. The first kappa shape index (κ1) is 34.0. The lowest BCUT2D eigenvalue weighted by Gasteiger charge is -2.51. The molecule has 1 saturated carbocycles. The van der Waals surface area contributed by atoms with Gasteiger partial charge in [0.25, 0.3) is 5.91 Å². The van der Waals surface area contributed by atoms with E-state index in [1.165, 1.54) is 12.1 Å². The number of amides is 3. The van der Waals surface area contributed by atoms with E-state index in [4.69, 9.17) is 10.5 Å². The first-order chi connectivity index (χ1) is 24.8. The molecule has 264 valence electrons. The smallest absolute Gasteiger partial charge is 0.323 e. The summed E-state index contributed by atoms with van der Waals surface area (Å²) < 4.78 is 5.94. The molecule has 13 nitrogen and oxygen atoms in total. The Morgan fingerprint density at radius 2 is 1.56 bits per heavy atom. The number of phenolic OH excluding ortho intramolecular Hbond substituents is 1. The zero-order valence-electron chi connectivity index (χ0n) is 27.6. The first-order valence-corrected chi connectivity index (χ1v) is 16.4. The van der Waals surface area contributed by atoms with E-state index >= 15 is 0 Å². The van der Waals surface area contributed by atoms with E-state index in [9.17, 15) is 44.4 Å². The molecule has 0 aliphatic heterocycles. The molecule has 7 rings (SSSR count). The molecule has 0 heterocycles. The average molecular weight is 704 g/mol. The predicted octanol–water partition coefficient (Wildman–Crippen LogP) is 4.55. The van der Waals surface area contributed by atoms with E-state index in [0.717, 1.165) is 10.8 Å². The third-order valence-corrected chi connectivity index (χ3v) is 10.2. The third kappa shape index (κ3) is 5.33. The number of urea groups is 1. The molecule has 5 unspecified atom stereocenters. The van der Waals surface area contributed by atoms with Gasteiger partial charge < -0.3 is 41.5 Å². The van der Waals surface area contributed by atoms with Crippen molar-refractivity contribution < 1.29 is 49.1 Å². The second kappa shape index (κ2) is 12.7. The number of carbonyl (C=O) groups excluding carboxylic acids is 5. The largest absolute Gasteiger partial charge is 0.508 e. The Labute approximate surface area is 296 Å². The molecule has 0 spiro atoms. The van der Waals surface area contributed by atoms with Gasteiger partial charge in [0.1, 0.15) is 28.9 Å². The number of esters is 1. The minimum Gasteiger partial charge on any atom is -0.508 e. The van der Waals surface area contributed by atoms with Crippen molar-refractivity contribution in [1.82, 2.24) is 0 Å². The number of aliphatic hydroxyl groups excluding tert-OH is 2. The van der Waals surface area contributed by atoms with Crippen molar-refractivity contribution in [3.63, 3.8) is 0 Å². The van der Waals surface area contributed by atoms with Crippen LogP contribution in [-0.4, -0.2) is 61.6 Å². The van der Waals surface area contributed by atoms with Crippen LogP contribution < -0.4 is 16.4 Å². The number of fused-ring (bicyclic) bond motifs is 4. The highest BCUT2D eigenvalue weighted by molar-refractivity contribution is 6.23. The fraction of sp³-hybridized carbons (Fsp3) is 0.205. The fourth-order valence-corrected chi connectivity index (χ4v) is 7.79. The van der Waals surface area contributed by atoms with Crippen LogP contribution in [0.2, 0.25) is 0 Å². The van der Waals surface area contributed by atoms with Crippen molar-refractivity contribution in [2.45, 2.75) is 37.4 Å². The van der Waals surface area contributed by atoms with Crippen molar-refractivity contribution in [2.75, 3.05) is 10.6 Å². The lowest BCUT2D eigenvalue weighted by Crippen LogP contribution is -2.64. The Morgan fingerprint density at radius 1 is 0.885 bits per heavy atom. The number of Topliss-reactive ketones (excluding diaryl/α,β-unsaturated/α-hetero) is 2. The minimum atomic E-state index is -3.02. The standard InChI is InChI=1S/C39H33N3O10/c1-18-21-14-15-25(42-38(50)41-24-13-7-11-20-10-5-6-12-22(20)24)32(45)29(21)33(46)31-28(18)34(52-27(44)16-19-8-3-2-4-9-19)23-17-26(43)30(37(40)49)35(47)39(23,51)36(31)48/h2-15,18,23,28,34,45-47,51H,16-17H2,1H3,(H2,40,49)(H2,41,42,50). The van der Waals surface area contributed by atoms with Crippen LogP contribution in [0.4, 0.5) is 16.2 Å². The van der Waals surface area contributed by atoms with Gasteiger partial charge in [-0.1, -0.05) is 79.7 Å². The quantitative estimate of drug-likeness (QED) is 0.0843. The van der Waals surface area contributed by atoms with E-state index in [2.05, 4.69) is 10.6 Å². The number of aliphatic hydroxyl groups is 3. The maximum absolute atomic E-state index is 14.3. The maximum atomic E-state index is 14.3. The van der Waals surface area contributed by atoms with Crippen LogP contribution in [-0.2, 0) is 30.3 Å². The molecule has 4 aromatic rings. The second-order valence-electron chi connectivity index (χ2n) is 13.1. The Kier molecular flexibility index (Phi) is 8.30. The zero-order chi connectivity index (χ0) is 37.1. The Morgan fingerprint density at radius 3 is 2.29 bits per heavy atom. The van der Waals surface area contributed by atoms with Crippen LogP contribution >= 0.6 is 0 Å². The number of ether oxygens (including phenoxy) is 1. The van der Waals surface area contributed by atoms with Crippen molar-refractivity contribution >= 4 is 57.4 Å². The van der Waals surface area contributed by atoms with Crippen LogP contribution in [0.1, 0.15) is 36.0 Å². The molecule has 5 atom stereocenters. The van der Waals surface area contributed by atoms with Gasteiger partial charge >= 0.3 is 12.0 Å². The summed E-state index contributed by atoms with van der Waals surface area (Å²) in [6.45, 7) is 1.64. The highest BCUT2D eigenvalue weighted by Crippen LogP contribution is 2.57. The van der Waals surface area contributed by atoms with Gasteiger partial charge in [-0.15, -0.1) is 0 Å². The molecule has 1 fully saturated rings. The lowest BCUT2D eigenvalue weighted by molar-refractivity contribution is -0.178. The number of nitrogens with two attached hydrogens (primary N) is 1. The van der Waals surface area contributed by atoms with Gasteiger partial charge in [-0.05, 0) is 34.6 Å². The van der Waals surface area contributed by atoms with Crippen LogP contribution in [0.15, 0.2) is 102 Å². The van der Waals surface area contributed by atoms with Crippen LogP contribution in [0.25, 0.3) is 16.5 Å². The second-order valence-corrected chi connectivity index (χ2v) is 13.1. The number of nitrogens with one attached hydrogen (secondary N) is 2.